The molecule has 0 aliphatic rings. The van der Waals surface area contributed by atoms with E-state index in [0.717, 1.165) is 0 Å². The fourth-order valence-electron chi connectivity index (χ4n) is 1.69. The summed E-state index contributed by atoms with van der Waals surface area (Å²) in [5, 5.41) is 11.3. The molecular weight excluding hydrogens is 225 g/mol. The minimum absolute atomic E-state index is 0.230. The Balaban J connectivity index is 3.02. The molecule has 0 aliphatic carbocycles. The number of hydrogen-bond acceptors (Lipinski definition) is 2. The van der Waals surface area contributed by atoms with Gasteiger partial charge in [0.25, 0.3) is 0 Å². The molecule has 1 amide bonds. The van der Waals surface area contributed by atoms with Crippen LogP contribution in [0, 0.1) is 12.7 Å². The quantitative estimate of drug-likeness (QED) is 0.841. The van der Waals surface area contributed by atoms with Gasteiger partial charge in [0, 0.05) is 6.92 Å². The van der Waals surface area contributed by atoms with Gasteiger partial charge in [-0.05, 0) is 30.2 Å². The first-order chi connectivity index (χ1) is 7.90. The first kappa shape index (κ1) is 13.2. The molecular formula is C12H14FNO3. The number of rotatable bonds is 4. The van der Waals surface area contributed by atoms with Gasteiger partial charge in [-0.15, -0.1) is 0 Å². The smallest absolute Gasteiger partial charge is 0.305 e. The van der Waals surface area contributed by atoms with Gasteiger partial charge in [-0.25, -0.2) is 4.39 Å². The molecule has 4 nitrogen and oxygen atoms in total. The van der Waals surface area contributed by atoms with Gasteiger partial charge in [0.1, 0.15) is 5.82 Å². The van der Waals surface area contributed by atoms with E-state index < -0.39 is 12.0 Å². The summed E-state index contributed by atoms with van der Waals surface area (Å²) in [6, 6.07) is 3.42. The summed E-state index contributed by atoms with van der Waals surface area (Å²) in [7, 11) is 0. The zero-order valence-electron chi connectivity index (χ0n) is 9.66. The summed E-state index contributed by atoms with van der Waals surface area (Å²) in [5.74, 6) is -1.73. The number of hydrogen-bond donors (Lipinski definition) is 2. The van der Waals surface area contributed by atoms with Crippen LogP contribution < -0.4 is 5.32 Å². The van der Waals surface area contributed by atoms with Crippen LogP contribution in [0.5, 0.6) is 0 Å². The third kappa shape index (κ3) is 3.86. The SMILES string of the molecule is CC(=O)N[C@H](CC(=O)O)c1ccc(F)cc1C. The number of carboxylic acid groups (broad SMARTS) is 1. The number of carbonyl (C=O) groups is 2. The Bertz CT molecular complexity index is 429. The fraction of sp³-hybridized carbons (Fsp3) is 0.333. The van der Waals surface area contributed by atoms with Gasteiger partial charge in [-0.1, -0.05) is 6.07 Å². The molecule has 0 spiro atoms. The van der Waals surface area contributed by atoms with Crippen molar-refractivity contribution in [2.75, 3.05) is 0 Å². The molecule has 1 rings (SSSR count). The van der Waals surface area contributed by atoms with E-state index in [1.54, 1.807) is 6.92 Å². The largest absolute Gasteiger partial charge is 0.481 e. The summed E-state index contributed by atoms with van der Waals surface area (Å²) < 4.78 is 12.9. The Labute approximate surface area is 98.5 Å². The monoisotopic (exact) mass is 239 g/mol. The number of nitrogens with one attached hydrogen (secondary N) is 1. The minimum Gasteiger partial charge on any atom is -0.481 e. The molecule has 0 heterocycles. The molecule has 17 heavy (non-hydrogen) atoms. The first-order valence-corrected chi connectivity index (χ1v) is 5.15. The molecule has 1 aromatic rings. The topological polar surface area (TPSA) is 66.4 Å². The molecule has 0 radical (unpaired) electrons. The molecule has 0 saturated heterocycles. The van der Waals surface area contributed by atoms with Gasteiger partial charge in [0.2, 0.25) is 5.91 Å². The molecule has 0 fully saturated rings. The fourth-order valence-corrected chi connectivity index (χ4v) is 1.69. The van der Waals surface area contributed by atoms with Crippen molar-refractivity contribution in [3.05, 3.63) is 35.1 Å². The lowest BCUT2D eigenvalue weighted by atomic mass is 9.98. The van der Waals surface area contributed by atoms with Crippen LogP contribution in [0.15, 0.2) is 18.2 Å². The van der Waals surface area contributed by atoms with E-state index in [4.69, 9.17) is 5.11 Å². The van der Waals surface area contributed by atoms with Crippen molar-refractivity contribution in [1.29, 1.82) is 0 Å². The molecule has 1 aromatic carbocycles. The number of carboxylic acids is 1. The standard InChI is InChI=1S/C12H14FNO3/c1-7-5-9(13)3-4-10(7)11(6-12(16)17)14-8(2)15/h3-5,11H,6H2,1-2H3,(H,14,15)(H,16,17)/t11-/m1/s1. The Morgan fingerprint density at radius 2 is 2.12 bits per heavy atom. The molecule has 0 saturated carbocycles. The van der Waals surface area contributed by atoms with Crippen molar-refractivity contribution < 1.29 is 19.1 Å². The summed E-state index contributed by atoms with van der Waals surface area (Å²) in [6.45, 7) is 2.99. The van der Waals surface area contributed by atoms with Crippen molar-refractivity contribution in [3.63, 3.8) is 0 Å². The van der Waals surface area contributed by atoms with Crippen molar-refractivity contribution in [2.24, 2.45) is 0 Å². The van der Waals surface area contributed by atoms with Gasteiger partial charge in [0.15, 0.2) is 0 Å². The molecule has 92 valence electrons. The van der Waals surface area contributed by atoms with E-state index >= 15 is 0 Å². The highest BCUT2D eigenvalue weighted by Crippen LogP contribution is 2.21. The van der Waals surface area contributed by atoms with Crippen molar-refractivity contribution >= 4 is 11.9 Å². The van der Waals surface area contributed by atoms with Crippen LogP contribution in [0.1, 0.15) is 30.5 Å². The Morgan fingerprint density at radius 1 is 1.47 bits per heavy atom. The third-order valence-corrected chi connectivity index (χ3v) is 2.36. The summed E-state index contributed by atoms with van der Waals surface area (Å²) in [5.41, 5.74) is 1.23. The molecule has 0 bridgehead atoms. The van der Waals surface area contributed by atoms with Crippen LogP contribution in [0.4, 0.5) is 4.39 Å². The third-order valence-electron chi connectivity index (χ3n) is 2.36. The van der Waals surface area contributed by atoms with Crippen molar-refractivity contribution in [3.8, 4) is 0 Å². The average Bonchev–Trinajstić information content (AvgIpc) is 2.14. The lowest BCUT2D eigenvalue weighted by Crippen LogP contribution is -2.28. The number of benzene rings is 1. The van der Waals surface area contributed by atoms with Crippen LogP contribution in [-0.4, -0.2) is 17.0 Å². The van der Waals surface area contributed by atoms with Crippen molar-refractivity contribution in [2.45, 2.75) is 26.3 Å². The predicted molar refractivity (Wildman–Crippen MR) is 59.9 cm³/mol. The van der Waals surface area contributed by atoms with Crippen LogP contribution in [0.25, 0.3) is 0 Å². The van der Waals surface area contributed by atoms with E-state index in [9.17, 15) is 14.0 Å². The first-order valence-electron chi connectivity index (χ1n) is 5.15. The normalized spacial score (nSPS) is 11.9. The second-order valence-corrected chi connectivity index (χ2v) is 3.85. The number of aryl methyl sites for hydroxylation is 1. The molecule has 0 unspecified atom stereocenters. The second-order valence-electron chi connectivity index (χ2n) is 3.85. The average molecular weight is 239 g/mol. The van der Waals surface area contributed by atoms with Crippen molar-refractivity contribution in [1.82, 2.24) is 5.32 Å². The zero-order chi connectivity index (χ0) is 13.0. The predicted octanol–water partition coefficient (Wildman–Crippen LogP) is 1.79. The van der Waals surface area contributed by atoms with Gasteiger partial charge in [-0.2, -0.15) is 0 Å². The second kappa shape index (κ2) is 5.43. The van der Waals surface area contributed by atoms with E-state index in [1.165, 1.54) is 25.1 Å². The van der Waals surface area contributed by atoms with E-state index in [1.807, 2.05) is 0 Å². The summed E-state index contributed by atoms with van der Waals surface area (Å²) >= 11 is 0. The Kier molecular flexibility index (Phi) is 4.20. The van der Waals surface area contributed by atoms with Crippen LogP contribution in [0.3, 0.4) is 0 Å². The van der Waals surface area contributed by atoms with E-state index in [2.05, 4.69) is 5.32 Å². The summed E-state index contributed by atoms with van der Waals surface area (Å²) in [6.07, 6.45) is -0.230. The van der Waals surface area contributed by atoms with Gasteiger partial charge in [0.05, 0.1) is 12.5 Å². The lowest BCUT2D eigenvalue weighted by Gasteiger charge is -2.18. The molecule has 1 atom stereocenters. The van der Waals surface area contributed by atoms with E-state index in [0.29, 0.717) is 11.1 Å². The number of aliphatic carboxylic acids is 1. The Hall–Kier alpha value is -1.91. The van der Waals surface area contributed by atoms with Gasteiger partial charge < -0.3 is 10.4 Å². The maximum atomic E-state index is 12.9. The van der Waals surface area contributed by atoms with Crippen LogP contribution in [-0.2, 0) is 9.59 Å². The Morgan fingerprint density at radius 3 is 2.59 bits per heavy atom. The summed E-state index contributed by atoms with van der Waals surface area (Å²) in [4.78, 5) is 21.7. The molecule has 0 aromatic heterocycles. The highest BCUT2D eigenvalue weighted by molar-refractivity contribution is 5.75. The number of carbonyl (C=O) groups excluding carboxylic acids is 1. The number of amides is 1. The van der Waals surface area contributed by atoms with Crippen LogP contribution >= 0.6 is 0 Å². The lowest BCUT2D eigenvalue weighted by molar-refractivity contribution is -0.137. The minimum atomic E-state index is -1.02. The molecule has 5 heteroatoms. The zero-order valence-corrected chi connectivity index (χ0v) is 9.66. The maximum Gasteiger partial charge on any atom is 0.305 e. The van der Waals surface area contributed by atoms with Gasteiger partial charge in [-0.3, -0.25) is 9.59 Å². The maximum absolute atomic E-state index is 12.9. The highest BCUT2D eigenvalue weighted by Gasteiger charge is 2.18. The van der Waals surface area contributed by atoms with E-state index in [-0.39, 0.29) is 18.1 Å². The van der Waals surface area contributed by atoms with Gasteiger partial charge >= 0.3 is 5.97 Å². The molecule has 2 N–H and O–H groups in total. The van der Waals surface area contributed by atoms with Crippen LogP contribution in [0.2, 0.25) is 0 Å². The number of halogens is 1. The molecule has 0 aliphatic heterocycles. The highest BCUT2D eigenvalue weighted by atomic mass is 19.1.